The molecule has 78 valence electrons. The SMILES string of the molecule is CC.Cc1cc(F)c(C(N)=O)cc1C. The summed E-state index contributed by atoms with van der Waals surface area (Å²) in [4.78, 5) is 10.7. The van der Waals surface area contributed by atoms with Gasteiger partial charge < -0.3 is 5.73 Å². The Hall–Kier alpha value is -1.38. The quantitative estimate of drug-likeness (QED) is 0.738. The fraction of sp³-hybridized carbons (Fsp3) is 0.364. The number of nitrogens with two attached hydrogens (primary N) is 1. The molecule has 0 heterocycles. The number of benzene rings is 1. The van der Waals surface area contributed by atoms with E-state index in [-0.39, 0.29) is 5.56 Å². The first-order chi connectivity index (χ1) is 6.52. The lowest BCUT2D eigenvalue weighted by molar-refractivity contribution is 0.0996. The van der Waals surface area contributed by atoms with E-state index in [0.717, 1.165) is 11.1 Å². The molecule has 2 N–H and O–H groups in total. The minimum Gasteiger partial charge on any atom is -0.366 e. The molecule has 0 spiro atoms. The molecule has 1 aromatic carbocycles. The van der Waals surface area contributed by atoms with Gasteiger partial charge in [0.15, 0.2) is 0 Å². The van der Waals surface area contributed by atoms with Crippen molar-refractivity contribution in [1.29, 1.82) is 0 Å². The topological polar surface area (TPSA) is 43.1 Å². The van der Waals surface area contributed by atoms with Gasteiger partial charge in [-0.3, -0.25) is 4.79 Å². The molecular formula is C11H16FNO. The van der Waals surface area contributed by atoms with Crippen LogP contribution in [0.3, 0.4) is 0 Å². The number of aryl methyl sites for hydroxylation is 2. The Bertz CT molecular complexity index is 334. The highest BCUT2D eigenvalue weighted by molar-refractivity contribution is 5.93. The summed E-state index contributed by atoms with van der Waals surface area (Å²) in [6, 6.07) is 2.78. The van der Waals surface area contributed by atoms with Crippen molar-refractivity contribution in [2.75, 3.05) is 0 Å². The third kappa shape index (κ3) is 2.83. The van der Waals surface area contributed by atoms with Gasteiger partial charge in [-0.15, -0.1) is 0 Å². The Morgan fingerprint density at radius 3 is 2.07 bits per heavy atom. The van der Waals surface area contributed by atoms with Crippen LogP contribution in [0.2, 0.25) is 0 Å². The molecule has 0 radical (unpaired) electrons. The van der Waals surface area contributed by atoms with Crippen molar-refractivity contribution in [3.05, 3.63) is 34.6 Å². The van der Waals surface area contributed by atoms with E-state index in [9.17, 15) is 9.18 Å². The molecule has 0 fully saturated rings. The molecule has 0 saturated heterocycles. The van der Waals surface area contributed by atoms with Crippen molar-refractivity contribution in [3.8, 4) is 0 Å². The van der Waals surface area contributed by atoms with Crippen molar-refractivity contribution < 1.29 is 9.18 Å². The Morgan fingerprint density at radius 2 is 1.64 bits per heavy atom. The minimum atomic E-state index is -0.726. The van der Waals surface area contributed by atoms with Crippen molar-refractivity contribution >= 4 is 5.91 Å². The van der Waals surface area contributed by atoms with Crippen LogP contribution >= 0.6 is 0 Å². The van der Waals surface area contributed by atoms with E-state index in [4.69, 9.17) is 5.73 Å². The number of amides is 1. The lowest BCUT2D eigenvalue weighted by Crippen LogP contribution is -2.13. The monoisotopic (exact) mass is 197 g/mol. The molecule has 0 aliphatic carbocycles. The van der Waals surface area contributed by atoms with Crippen LogP contribution in [0.1, 0.15) is 35.3 Å². The van der Waals surface area contributed by atoms with Crippen LogP contribution in [0, 0.1) is 19.7 Å². The average Bonchev–Trinajstić information content (AvgIpc) is 2.14. The third-order valence-corrected chi connectivity index (χ3v) is 1.85. The van der Waals surface area contributed by atoms with Crippen molar-refractivity contribution in [1.82, 2.24) is 0 Å². The van der Waals surface area contributed by atoms with Crippen LogP contribution in [-0.4, -0.2) is 5.91 Å². The summed E-state index contributed by atoms with van der Waals surface area (Å²) in [5.74, 6) is -1.28. The number of hydrogen-bond acceptors (Lipinski definition) is 1. The fourth-order valence-electron chi connectivity index (χ4n) is 0.970. The van der Waals surface area contributed by atoms with Gasteiger partial charge in [0.05, 0.1) is 5.56 Å². The lowest BCUT2D eigenvalue weighted by Gasteiger charge is -2.03. The van der Waals surface area contributed by atoms with Gasteiger partial charge in [0.1, 0.15) is 5.82 Å². The number of primary amides is 1. The maximum absolute atomic E-state index is 13.0. The van der Waals surface area contributed by atoms with Crippen molar-refractivity contribution in [2.45, 2.75) is 27.7 Å². The Morgan fingerprint density at radius 1 is 1.21 bits per heavy atom. The standard InChI is InChI=1S/C9H10FNO.C2H6/c1-5-3-7(9(11)12)8(10)4-6(5)2;1-2/h3-4H,1-2H3,(H2,11,12);1-2H3. The van der Waals surface area contributed by atoms with E-state index in [2.05, 4.69) is 0 Å². The van der Waals surface area contributed by atoms with E-state index < -0.39 is 11.7 Å². The predicted molar refractivity (Wildman–Crippen MR) is 55.7 cm³/mol. The molecule has 1 rings (SSSR count). The zero-order valence-electron chi connectivity index (χ0n) is 9.02. The van der Waals surface area contributed by atoms with E-state index in [1.807, 2.05) is 13.8 Å². The number of halogens is 1. The average molecular weight is 197 g/mol. The molecular weight excluding hydrogens is 181 g/mol. The summed E-state index contributed by atoms with van der Waals surface area (Å²) in [6.45, 7) is 7.59. The second-order valence-electron chi connectivity index (χ2n) is 2.78. The van der Waals surface area contributed by atoms with Crippen LogP contribution in [0.25, 0.3) is 0 Å². The molecule has 0 atom stereocenters. The van der Waals surface area contributed by atoms with E-state index >= 15 is 0 Å². The molecule has 0 unspecified atom stereocenters. The summed E-state index contributed by atoms with van der Waals surface area (Å²) in [7, 11) is 0. The summed E-state index contributed by atoms with van der Waals surface area (Å²) in [5.41, 5.74) is 6.59. The largest absolute Gasteiger partial charge is 0.366 e. The Kier molecular flexibility index (Phi) is 4.84. The third-order valence-electron chi connectivity index (χ3n) is 1.85. The molecule has 3 heteroatoms. The molecule has 0 saturated carbocycles. The highest BCUT2D eigenvalue weighted by Crippen LogP contribution is 2.13. The van der Waals surface area contributed by atoms with Crippen LogP contribution in [-0.2, 0) is 0 Å². The molecule has 1 aromatic rings. The molecule has 0 aromatic heterocycles. The molecule has 2 nitrogen and oxygen atoms in total. The fourth-order valence-corrected chi connectivity index (χ4v) is 0.970. The van der Waals surface area contributed by atoms with Crippen LogP contribution in [0.4, 0.5) is 4.39 Å². The van der Waals surface area contributed by atoms with Gasteiger partial charge in [-0.1, -0.05) is 13.8 Å². The second kappa shape index (κ2) is 5.37. The zero-order chi connectivity index (χ0) is 11.3. The Labute approximate surface area is 83.9 Å². The minimum absolute atomic E-state index is 0.0434. The van der Waals surface area contributed by atoms with Crippen LogP contribution in [0.5, 0.6) is 0 Å². The van der Waals surface area contributed by atoms with Gasteiger partial charge in [-0.25, -0.2) is 4.39 Å². The van der Waals surface area contributed by atoms with E-state index in [0.29, 0.717) is 0 Å². The van der Waals surface area contributed by atoms with Gasteiger partial charge in [-0.2, -0.15) is 0 Å². The molecule has 1 amide bonds. The normalized spacial score (nSPS) is 8.93. The first kappa shape index (κ1) is 12.6. The highest BCUT2D eigenvalue weighted by atomic mass is 19.1. The summed E-state index contributed by atoms with van der Waals surface area (Å²) >= 11 is 0. The maximum Gasteiger partial charge on any atom is 0.251 e. The number of carbonyl (C=O) groups excluding carboxylic acids is 1. The first-order valence-corrected chi connectivity index (χ1v) is 4.59. The second-order valence-corrected chi connectivity index (χ2v) is 2.78. The first-order valence-electron chi connectivity index (χ1n) is 4.59. The molecule has 14 heavy (non-hydrogen) atoms. The van der Waals surface area contributed by atoms with Crippen molar-refractivity contribution in [3.63, 3.8) is 0 Å². The van der Waals surface area contributed by atoms with Gasteiger partial charge >= 0.3 is 0 Å². The summed E-state index contributed by atoms with van der Waals surface area (Å²) in [6.07, 6.45) is 0. The zero-order valence-corrected chi connectivity index (χ0v) is 9.02. The molecule has 0 bridgehead atoms. The summed E-state index contributed by atoms with van der Waals surface area (Å²) in [5, 5.41) is 0. The summed E-state index contributed by atoms with van der Waals surface area (Å²) < 4.78 is 13.0. The predicted octanol–water partition coefficient (Wildman–Crippen LogP) is 2.57. The van der Waals surface area contributed by atoms with Gasteiger partial charge in [0.25, 0.3) is 5.91 Å². The highest BCUT2D eigenvalue weighted by Gasteiger charge is 2.08. The van der Waals surface area contributed by atoms with Gasteiger partial charge in [-0.05, 0) is 37.1 Å². The lowest BCUT2D eigenvalue weighted by atomic mass is 10.1. The van der Waals surface area contributed by atoms with Crippen LogP contribution in [0.15, 0.2) is 12.1 Å². The van der Waals surface area contributed by atoms with Crippen LogP contribution < -0.4 is 5.73 Å². The van der Waals surface area contributed by atoms with Crippen molar-refractivity contribution in [2.24, 2.45) is 5.73 Å². The number of hydrogen-bond donors (Lipinski definition) is 1. The number of rotatable bonds is 1. The van der Waals surface area contributed by atoms with E-state index in [1.54, 1.807) is 13.8 Å². The van der Waals surface area contributed by atoms with Gasteiger partial charge in [0, 0.05) is 0 Å². The molecule has 0 aliphatic heterocycles. The maximum atomic E-state index is 13.0. The smallest absolute Gasteiger partial charge is 0.251 e. The van der Waals surface area contributed by atoms with E-state index in [1.165, 1.54) is 12.1 Å². The van der Waals surface area contributed by atoms with Gasteiger partial charge in [0.2, 0.25) is 0 Å². The number of carbonyl (C=O) groups is 1. The Balaban J connectivity index is 0.000000791. The molecule has 0 aliphatic rings.